The van der Waals surface area contributed by atoms with E-state index in [0.717, 1.165) is 31.0 Å². The molecular formula is C17H25N3O2. The van der Waals surface area contributed by atoms with Gasteiger partial charge in [-0.3, -0.25) is 10.9 Å². The zero-order valence-electron chi connectivity index (χ0n) is 13.0. The van der Waals surface area contributed by atoms with E-state index in [4.69, 9.17) is 4.74 Å². The summed E-state index contributed by atoms with van der Waals surface area (Å²) in [6.07, 6.45) is 3.64. The van der Waals surface area contributed by atoms with Crippen molar-refractivity contribution < 1.29 is 9.53 Å². The van der Waals surface area contributed by atoms with E-state index in [0.29, 0.717) is 12.0 Å². The van der Waals surface area contributed by atoms with Crippen molar-refractivity contribution in [2.75, 3.05) is 20.2 Å². The average molecular weight is 303 g/mol. The van der Waals surface area contributed by atoms with Crippen molar-refractivity contribution in [3.8, 4) is 0 Å². The van der Waals surface area contributed by atoms with Gasteiger partial charge in [0.2, 0.25) is 0 Å². The SMILES string of the molecule is COC(=O)C(NCC1CCC2CNNC2C1)c1ccccc1. The summed E-state index contributed by atoms with van der Waals surface area (Å²) in [5, 5.41) is 3.41. The molecule has 0 aromatic heterocycles. The highest BCUT2D eigenvalue weighted by Gasteiger charge is 2.34. The van der Waals surface area contributed by atoms with E-state index in [-0.39, 0.29) is 12.0 Å². The average Bonchev–Trinajstić information content (AvgIpc) is 3.03. The Bertz CT molecular complexity index is 494. The summed E-state index contributed by atoms with van der Waals surface area (Å²) in [7, 11) is 1.44. The second-order valence-electron chi connectivity index (χ2n) is 6.35. The Morgan fingerprint density at radius 1 is 1.36 bits per heavy atom. The fourth-order valence-corrected chi connectivity index (χ4v) is 3.63. The van der Waals surface area contributed by atoms with Crippen LogP contribution in [0.25, 0.3) is 0 Å². The Morgan fingerprint density at radius 3 is 2.95 bits per heavy atom. The van der Waals surface area contributed by atoms with Crippen molar-refractivity contribution in [3.05, 3.63) is 35.9 Å². The fraction of sp³-hybridized carbons (Fsp3) is 0.588. The molecule has 1 aromatic carbocycles. The van der Waals surface area contributed by atoms with Crippen LogP contribution in [0.2, 0.25) is 0 Å². The molecule has 1 saturated carbocycles. The molecule has 1 saturated heterocycles. The molecule has 5 nitrogen and oxygen atoms in total. The smallest absolute Gasteiger partial charge is 0.327 e. The number of methoxy groups -OCH3 is 1. The molecule has 5 heteroatoms. The van der Waals surface area contributed by atoms with Gasteiger partial charge in [-0.15, -0.1) is 0 Å². The molecular weight excluding hydrogens is 278 g/mol. The van der Waals surface area contributed by atoms with Crippen LogP contribution in [0.3, 0.4) is 0 Å². The molecule has 4 atom stereocenters. The van der Waals surface area contributed by atoms with Gasteiger partial charge in [0.1, 0.15) is 6.04 Å². The Labute approximate surface area is 131 Å². The van der Waals surface area contributed by atoms with Gasteiger partial charge < -0.3 is 10.1 Å². The first-order chi connectivity index (χ1) is 10.8. The molecule has 0 bridgehead atoms. The summed E-state index contributed by atoms with van der Waals surface area (Å²) in [6.45, 7) is 1.93. The summed E-state index contributed by atoms with van der Waals surface area (Å²) in [5.41, 5.74) is 7.59. The van der Waals surface area contributed by atoms with Crippen molar-refractivity contribution in [2.45, 2.75) is 31.3 Å². The number of carbonyl (C=O) groups excluding carboxylic acids is 1. The van der Waals surface area contributed by atoms with Crippen LogP contribution in [0.4, 0.5) is 0 Å². The topological polar surface area (TPSA) is 62.4 Å². The van der Waals surface area contributed by atoms with E-state index in [1.807, 2.05) is 30.3 Å². The van der Waals surface area contributed by atoms with E-state index in [9.17, 15) is 4.79 Å². The lowest BCUT2D eigenvalue weighted by Crippen LogP contribution is -2.40. The number of esters is 1. The molecule has 1 aromatic rings. The number of hydrazine groups is 1. The molecule has 3 N–H and O–H groups in total. The molecule has 2 aliphatic rings. The predicted octanol–water partition coefficient (Wildman–Crippen LogP) is 1.38. The first kappa shape index (κ1) is 15.5. The van der Waals surface area contributed by atoms with Gasteiger partial charge >= 0.3 is 5.97 Å². The second kappa shape index (κ2) is 7.22. The number of nitrogens with one attached hydrogen (secondary N) is 3. The molecule has 0 radical (unpaired) electrons. The maximum Gasteiger partial charge on any atom is 0.327 e. The Kier molecular flexibility index (Phi) is 5.08. The van der Waals surface area contributed by atoms with Crippen molar-refractivity contribution >= 4 is 5.97 Å². The monoisotopic (exact) mass is 303 g/mol. The highest BCUT2D eigenvalue weighted by molar-refractivity contribution is 5.77. The zero-order valence-corrected chi connectivity index (χ0v) is 13.0. The maximum absolute atomic E-state index is 12.1. The summed E-state index contributed by atoms with van der Waals surface area (Å²) in [6, 6.07) is 9.99. The summed E-state index contributed by atoms with van der Waals surface area (Å²) < 4.78 is 4.95. The minimum atomic E-state index is -0.376. The largest absolute Gasteiger partial charge is 0.468 e. The molecule has 1 aliphatic heterocycles. The van der Waals surface area contributed by atoms with Crippen LogP contribution in [-0.4, -0.2) is 32.2 Å². The van der Waals surface area contributed by atoms with E-state index < -0.39 is 0 Å². The van der Waals surface area contributed by atoms with Gasteiger partial charge in [-0.05, 0) is 43.2 Å². The van der Waals surface area contributed by atoms with E-state index in [1.165, 1.54) is 20.0 Å². The van der Waals surface area contributed by atoms with Crippen molar-refractivity contribution in [1.29, 1.82) is 0 Å². The lowest BCUT2D eigenvalue weighted by Gasteiger charge is -2.31. The second-order valence-corrected chi connectivity index (χ2v) is 6.35. The maximum atomic E-state index is 12.1. The van der Waals surface area contributed by atoms with E-state index in [1.54, 1.807) is 0 Å². The Hall–Kier alpha value is -1.43. The number of carbonyl (C=O) groups is 1. The number of rotatable bonds is 5. The third-order valence-electron chi connectivity index (χ3n) is 4.93. The van der Waals surface area contributed by atoms with Crippen molar-refractivity contribution in [3.63, 3.8) is 0 Å². The van der Waals surface area contributed by atoms with Gasteiger partial charge in [-0.1, -0.05) is 30.3 Å². The first-order valence-corrected chi connectivity index (χ1v) is 8.12. The lowest BCUT2D eigenvalue weighted by atomic mass is 9.79. The van der Waals surface area contributed by atoms with Gasteiger partial charge in [0, 0.05) is 12.6 Å². The standard InChI is InChI=1S/C17H25N3O2/c1-22-17(21)16(13-5-3-2-4-6-13)18-10-12-7-8-14-11-19-20-15(14)9-12/h2-6,12,14-16,18-20H,7-11H2,1H3. The highest BCUT2D eigenvalue weighted by atomic mass is 16.5. The molecule has 0 amide bonds. The van der Waals surface area contributed by atoms with E-state index >= 15 is 0 Å². The van der Waals surface area contributed by atoms with Crippen LogP contribution in [0.1, 0.15) is 30.9 Å². The zero-order chi connectivity index (χ0) is 15.4. The Morgan fingerprint density at radius 2 is 2.18 bits per heavy atom. The van der Waals surface area contributed by atoms with Crippen LogP contribution in [-0.2, 0) is 9.53 Å². The van der Waals surface area contributed by atoms with Crippen LogP contribution in [0.15, 0.2) is 30.3 Å². The first-order valence-electron chi connectivity index (χ1n) is 8.12. The van der Waals surface area contributed by atoms with Crippen LogP contribution < -0.4 is 16.2 Å². The van der Waals surface area contributed by atoms with Gasteiger partial charge in [-0.2, -0.15) is 0 Å². The molecule has 1 aliphatic carbocycles. The van der Waals surface area contributed by atoms with Gasteiger partial charge in [0.15, 0.2) is 0 Å². The van der Waals surface area contributed by atoms with Crippen molar-refractivity contribution in [1.82, 2.24) is 16.2 Å². The van der Waals surface area contributed by atoms with Crippen LogP contribution in [0.5, 0.6) is 0 Å². The molecule has 4 unspecified atom stereocenters. The third kappa shape index (κ3) is 3.48. The summed E-state index contributed by atoms with van der Waals surface area (Å²) in [4.78, 5) is 12.1. The summed E-state index contributed by atoms with van der Waals surface area (Å²) >= 11 is 0. The van der Waals surface area contributed by atoms with Gasteiger partial charge in [0.25, 0.3) is 0 Å². The quantitative estimate of drug-likeness (QED) is 0.718. The molecule has 22 heavy (non-hydrogen) atoms. The van der Waals surface area contributed by atoms with Gasteiger partial charge in [-0.25, -0.2) is 4.79 Å². The molecule has 0 spiro atoms. The minimum absolute atomic E-state index is 0.222. The van der Waals surface area contributed by atoms with Gasteiger partial charge in [0.05, 0.1) is 7.11 Å². The minimum Gasteiger partial charge on any atom is -0.468 e. The molecule has 120 valence electrons. The number of benzene rings is 1. The van der Waals surface area contributed by atoms with E-state index in [2.05, 4.69) is 16.2 Å². The molecule has 2 fully saturated rings. The number of ether oxygens (including phenoxy) is 1. The normalized spacial score (nSPS) is 28.9. The fourth-order valence-electron chi connectivity index (χ4n) is 3.63. The predicted molar refractivity (Wildman–Crippen MR) is 85.0 cm³/mol. The summed E-state index contributed by atoms with van der Waals surface area (Å²) in [5.74, 6) is 1.15. The number of fused-ring (bicyclic) bond motifs is 1. The number of hydrogen-bond acceptors (Lipinski definition) is 5. The molecule has 3 rings (SSSR count). The molecule has 1 heterocycles. The lowest BCUT2D eigenvalue weighted by molar-refractivity contribution is -0.143. The highest BCUT2D eigenvalue weighted by Crippen LogP contribution is 2.30. The number of hydrogen-bond donors (Lipinski definition) is 3. The van der Waals surface area contributed by atoms with Crippen molar-refractivity contribution in [2.24, 2.45) is 11.8 Å². The van der Waals surface area contributed by atoms with Crippen LogP contribution in [0, 0.1) is 11.8 Å². The third-order valence-corrected chi connectivity index (χ3v) is 4.93. The van der Waals surface area contributed by atoms with Crippen LogP contribution >= 0.6 is 0 Å². The Balaban J connectivity index is 1.58.